The Morgan fingerprint density at radius 3 is 2.61 bits per heavy atom. The first-order valence-corrected chi connectivity index (χ1v) is 14.0. The molecule has 216 valence electrons. The average molecular weight is 607 g/mol. The van der Waals surface area contributed by atoms with Gasteiger partial charge in [-0.3, -0.25) is 9.10 Å². The maximum absolute atomic E-state index is 14.5. The molecule has 1 amide bonds. The predicted molar refractivity (Wildman–Crippen MR) is 149 cm³/mol. The number of hydrogen-bond donors (Lipinski definition) is 2. The van der Waals surface area contributed by atoms with E-state index in [-0.39, 0.29) is 52.2 Å². The van der Waals surface area contributed by atoms with Crippen LogP contribution in [0.5, 0.6) is 11.5 Å². The van der Waals surface area contributed by atoms with Gasteiger partial charge in [-0.15, -0.1) is 0 Å². The van der Waals surface area contributed by atoms with E-state index >= 15 is 0 Å². The van der Waals surface area contributed by atoms with Gasteiger partial charge < -0.3 is 19.9 Å². The Kier molecular flexibility index (Phi) is 8.83. The van der Waals surface area contributed by atoms with Gasteiger partial charge in [0.25, 0.3) is 10.0 Å². The van der Waals surface area contributed by atoms with Gasteiger partial charge in [-0.05, 0) is 54.5 Å². The number of carboxylic acids is 1. The topological polar surface area (TPSA) is 122 Å². The summed E-state index contributed by atoms with van der Waals surface area (Å²) in [7, 11) is -3.09. The number of nitrogens with zero attached hydrogens (tertiary/aromatic N) is 1. The van der Waals surface area contributed by atoms with E-state index in [1.165, 1.54) is 19.2 Å². The predicted octanol–water partition coefficient (Wildman–Crippen LogP) is 4.73. The number of anilines is 1. The Morgan fingerprint density at radius 2 is 1.93 bits per heavy atom. The van der Waals surface area contributed by atoms with Gasteiger partial charge in [0.05, 0.1) is 29.3 Å². The molecule has 1 atom stereocenters. The fourth-order valence-corrected chi connectivity index (χ4v) is 6.17. The smallest absolute Gasteiger partial charge is 0.394 e. The van der Waals surface area contributed by atoms with Crippen molar-refractivity contribution in [3.8, 4) is 11.5 Å². The first-order chi connectivity index (χ1) is 19.4. The summed E-state index contributed by atoms with van der Waals surface area (Å²) in [5, 5.41) is 11.2. The summed E-state index contributed by atoms with van der Waals surface area (Å²) < 4.78 is 68.3. The van der Waals surface area contributed by atoms with Gasteiger partial charge in [0, 0.05) is 24.6 Å². The van der Waals surface area contributed by atoms with E-state index in [4.69, 9.17) is 26.2 Å². The number of benzene rings is 3. The number of nitrogens with one attached hydrogen (secondary N) is 1. The van der Waals surface area contributed by atoms with Crippen molar-refractivity contribution in [2.45, 2.75) is 24.3 Å². The Hall–Kier alpha value is -4.16. The summed E-state index contributed by atoms with van der Waals surface area (Å²) in [5.41, 5.74) is 1.39. The molecule has 3 aromatic carbocycles. The van der Waals surface area contributed by atoms with E-state index in [0.717, 1.165) is 22.5 Å². The molecule has 1 aliphatic rings. The molecular weight excluding hydrogens is 582 g/mol. The van der Waals surface area contributed by atoms with Crippen molar-refractivity contribution < 1.29 is 41.4 Å². The molecule has 3 aromatic rings. The summed E-state index contributed by atoms with van der Waals surface area (Å²) in [6.07, 6.45) is 0.960. The molecule has 0 spiro atoms. The molecule has 0 aromatic heterocycles. The molecule has 0 saturated heterocycles. The van der Waals surface area contributed by atoms with Gasteiger partial charge >= 0.3 is 11.9 Å². The van der Waals surface area contributed by atoms with E-state index in [1.807, 2.05) is 0 Å². The number of amides is 1. The number of ether oxygens (including phenoxy) is 2. The first kappa shape index (κ1) is 29.8. The number of rotatable bonds is 8. The number of halogens is 3. The van der Waals surface area contributed by atoms with E-state index in [0.29, 0.717) is 11.1 Å². The molecule has 0 bridgehead atoms. The minimum absolute atomic E-state index is 0.0871. The van der Waals surface area contributed by atoms with Gasteiger partial charge in [0.1, 0.15) is 17.7 Å². The Morgan fingerprint density at radius 1 is 1.17 bits per heavy atom. The van der Waals surface area contributed by atoms with Crippen LogP contribution in [0.2, 0.25) is 5.02 Å². The third-order valence-corrected chi connectivity index (χ3v) is 8.40. The molecule has 0 radical (unpaired) electrons. The fraction of sp³-hybridized carbons (Fsp3) is 0.214. The number of carboxylic acid groups (broad SMARTS) is 1. The summed E-state index contributed by atoms with van der Waals surface area (Å²) in [5.74, 6) is -4.17. The van der Waals surface area contributed by atoms with Crippen molar-refractivity contribution in [3.05, 3.63) is 82.4 Å². The quantitative estimate of drug-likeness (QED) is 0.281. The summed E-state index contributed by atoms with van der Waals surface area (Å²) in [4.78, 5) is 22.0. The molecule has 1 aliphatic heterocycles. The Labute approximate surface area is 240 Å². The zero-order valence-corrected chi connectivity index (χ0v) is 23.4. The molecule has 9 nitrogen and oxygen atoms in total. The number of methoxy groups -OCH3 is 1. The first-order valence-electron chi connectivity index (χ1n) is 12.2. The lowest BCUT2D eigenvalue weighted by Crippen LogP contribution is -2.45. The van der Waals surface area contributed by atoms with E-state index < -0.39 is 39.6 Å². The molecule has 0 unspecified atom stereocenters. The van der Waals surface area contributed by atoms with Gasteiger partial charge in [-0.1, -0.05) is 29.8 Å². The zero-order chi connectivity index (χ0) is 29.9. The highest BCUT2D eigenvalue weighted by atomic mass is 35.5. The maximum atomic E-state index is 14.5. The van der Waals surface area contributed by atoms with Crippen LogP contribution < -0.4 is 19.1 Å². The van der Waals surface area contributed by atoms with Crippen molar-refractivity contribution in [2.24, 2.45) is 0 Å². The number of sulfonamides is 1. The van der Waals surface area contributed by atoms with Crippen LogP contribution in [0.25, 0.3) is 11.6 Å². The maximum Gasteiger partial charge on any atom is 0.394 e. The molecular formula is C28H25ClF2N2O7S. The second kappa shape index (κ2) is 12.1. The van der Waals surface area contributed by atoms with Crippen LogP contribution in [0.3, 0.4) is 0 Å². The van der Waals surface area contributed by atoms with Crippen LogP contribution in [0.4, 0.5) is 14.5 Å². The summed E-state index contributed by atoms with van der Waals surface area (Å²) in [6.45, 7) is 1.37. The van der Waals surface area contributed by atoms with Crippen LogP contribution in [-0.2, 0) is 19.6 Å². The standard InChI is InChI=1S/C28H25ClF2N2O7S/c1-16(26-20(29)4-3-5-22(26)31)12-17-6-9-24-23(13-17)33(15-18(40-24)10-11-32-27(34)28(35)36)41(37,38)19-7-8-21(30)25(14-19)39-2/h3-9,12-14,18H,10-11,15H2,1-2H3,(H,32,34)(H,35,36)/b16-12+/t18-/m0/s1. The number of carbonyl (C=O) groups excluding carboxylic acids is 1. The van der Waals surface area contributed by atoms with Crippen molar-refractivity contribution >= 4 is 50.8 Å². The third kappa shape index (κ3) is 6.44. The zero-order valence-electron chi connectivity index (χ0n) is 21.9. The number of hydrogen-bond acceptors (Lipinski definition) is 6. The van der Waals surface area contributed by atoms with E-state index in [9.17, 15) is 26.8 Å². The van der Waals surface area contributed by atoms with Crippen LogP contribution in [0.15, 0.2) is 59.5 Å². The number of aliphatic carboxylic acids is 1. The lowest BCUT2D eigenvalue weighted by Gasteiger charge is -2.36. The normalized spacial score (nSPS) is 15.1. The molecule has 0 aliphatic carbocycles. The highest BCUT2D eigenvalue weighted by Crippen LogP contribution is 2.40. The second-order valence-electron chi connectivity index (χ2n) is 9.07. The molecule has 0 saturated carbocycles. The molecule has 0 fully saturated rings. The van der Waals surface area contributed by atoms with Crippen LogP contribution in [0.1, 0.15) is 24.5 Å². The Bertz CT molecular complexity index is 1630. The van der Waals surface area contributed by atoms with Gasteiger partial charge in [0.15, 0.2) is 11.6 Å². The van der Waals surface area contributed by atoms with Crippen molar-refractivity contribution in [3.63, 3.8) is 0 Å². The molecule has 2 N–H and O–H groups in total. The lowest BCUT2D eigenvalue weighted by atomic mass is 10.0. The van der Waals surface area contributed by atoms with Crippen molar-refractivity contribution in [1.29, 1.82) is 0 Å². The summed E-state index contributed by atoms with van der Waals surface area (Å²) in [6, 6.07) is 12.2. The number of fused-ring (bicyclic) bond motifs is 1. The Balaban J connectivity index is 1.74. The monoisotopic (exact) mass is 606 g/mol. The SMILES string of the molecule is COc1cc(S(=O)(=O)N2C[C@H](CCNC(=O)C(=O)O)Oc3ccc(/C=C(\C)c4c(F)cccc4Cl)cc32)ccc1F. The largest absolute Gasteiger partial charge is 0.494 e. The van der Waals surface area contributed by atoms with Crippen LogP contribution in [0, 0.1) is 11.6 Å². The second-order valence-corrected chi connectivity index (χ2v) is 11.3. The fourth-order valence-electron chi connectivity index (χ4n) is 4.34. The van der Waals surface area contributed by atoms with E-state index in [2.05, 4.69) is 5.32 Å². The molecule has 13 heteroatoms. The lowest BCUT2D eigenvalue weighted by molar-refractivity contribution is -0.150. The van der Waals surface area contributed by atoms with Crippen LogP contribution in [-0.4, -0.2) is 51.7 Å². The molecule has 4 rings (SSSR count). The van der Waals surface area contributed by atoms with Gasteiger partial charge in [-0.25, -0.2) is 22.0 Å². The minimum atomic E-state index is -4.30. The molecule has 41 heavy (non-hydrogen) atoms. The highest BCUT2D eigenvalue weighted by molar-refractivity contribution is 7.92. The van der Waals surface area contributed by atoms with Crippen LogP contribution >= 0.6 is 11.6 Å². The van der Waals surface area contributed by atoms with Crippen molar-refractivity contribution in [1.82, 2.24) is 5.32 Å². The average Bonchev–Trinajstić information content (AvgIpc) is 2.92. The number of carbonyl (C=O) groups is 2. The van der Waals surface area contributed by atoms with E-state index in [1.54, 1.807) is 37.3 Å². The highest BCUT2D eigenvalue weighted by Gasteiger charge is 2.35. The van der Waals surface area contributed by atoms with Gasteiger partial charge in [0.2, 0.25) is 0 Å². The van der Waals surface area contributed by atoms with Gasteiger partial charge in [-0.2, -0.15) is 0 Å². The third-order valence-electron chi connectivity index (χ3n) is 6.31. The summed E-state index contributed by atoms with van der Waals surface area (Å²) >= 11 is 6.20. The number of allylic oxidation sites excluding steroid dienone is 1. The minimum Gasteiger partial charge on any atom is -0.494 e. The molecule has 1 heterocycles. The van der Waals surface area contributed by atoms with Crippen molar-refractivity contribution in [2.75, 3.05) is 24.5 Å².